The molecule has 0 spiro atoms. The van der Waals surface area contributed by atoms with Gasteiger partial charge in [-0.15, -0.1) is 0 Å². The van der Waals surface area contributed by atoms with Crippen molar-refractivity contribution in [1.82, 2.24) is 0 Å². The third-order valence-corrected chi connectivity index (χ3v) is 5.95. The summed E-state index contributed by atoms with van der Waals surface area (Å²) in [5, 5.41) is 29.6. The van der Waals surface area contributed by atoms with Crippen molar-refractivity contribution >= 4 is 23.5 Å². The highest BCUT2D eigenvalue weighted by atomic mass is 16.5. The summed E-state index contributed by atoms with van der Waals surface area (Å²) < 4.78 is 10.0. The summed E-state index contributed by atoms with van der Waals surface area (Å²) in [5.41, 5.74) is -1.93. The molecule has 9 heteroatoms. The molecule has 0 aromatic heterocycles. The third kappa shape index (κ3) is 4.03. The zero-order chi connectivity index (χ0) is 22.1. The maximum absolute atomic E-state index is 12.6. The molecule has 29 heavy (non-hydrogen) atoms. The maximum Gasteiger partial charge on any atom is 0.336 e. The molecule has 2 aliphatic rings. The number of ketones is 2. The average molecular weight is 410 g/mol. The van der Waals surface area contributed by atoms with Gasteiger partial charge in [0, 0.05) is 23.8 Å². The molecular weight excluding hydrogens is 384 g/mol. The Kier molecular flexibility index (Phi) is 6.77. The van der Waals surface area contributed by atoms with Crippen LogP contribution in [-0.4, -0.2) is 70.9 Å². The molecule has 0 radical (unpaired) electrons. The topological polar surface area (TPSA) is 147 Å². The van der Waals surface area contributed by atoms with Crippen LogP contribution in [-0.2, 0) is 28.7 Å². The van der Waals surface area contributed by atoms with Crippen molar-refractivity contribution in [2.24, 2.45) is 17.3 Å². The number of ether oxygens (including phenoxy) is 2. The molecule has 0 aliphatic heterocycles. The molecule has 2 fully saturated rings. The number of carbonyl (C=O) groups is 4. The zero-order valence-corrected chi connectivity index (χ0v) is 16.4. The first-order valence-corrected chi connectivity index (χ1v) is 9.19. The lowest BCUT2D eigenvalue weighted by Gasteiger charge is -2.50. The first-order chi connectivity index (χ1) is 13.5. The highest BCUT2D eigenvalue weighted by Gasteiger charge is 2.60. The van der Waals surface area contributed by atoms with E-state index in [1.54, 1.807) is 0 Å². The van der Waals surface area contributed by atoms with Crippen LogP contribution in [0.5, 0.6) is 0 Å². The maximum atomic E-state index is 12.6. The summed E-state index contributed by atoms with van der Waals surface area (Å²) in [6.45, 7) is 7.76. The Balaban J connectivity index is 2.44. The molecule has 6 atom stereocenters. The van der Waals surface area contributed by atoms with Crippen LogP contribution in [0, 0.1) is 17.3 Å². The Morgan fingerprint density at radius 2 is 1.86 bits per heavy atom. The molecule has 2 saturated carbocycles. The minimum Gasteiger partial charge on any atom is -0.466 e. The Hall–Kier alpha value is -2.36. The van der Waals surface area contributed by atoms with Gasteiger partial charge in [0.2, 0.25) is 0 Å². The van der Waals surface area contributed by atoms with Crippen molar-refractivity contribution in [3.05, 3.63) is 24.3 Å². The van der Waals surface area contributed by atoms with E-state index in [-0.39, 0.29) is 36.4 Å². The number of hydrogen-bond donors (Lipinski definition) is 3. The van der Waals surface area contributed by atoms with E-state index in [4.69, 9.17) is 9.84 Å². The van der Waals surface area contributed by atoms with Crippen LogP contribution in [0.25, 0.3) is 0 Å². The third-order valence-electron chi connectivity index (χ3n) is 5.95. The fourth-order valence-corrected chi connectivity index (χ4v) is 4.26. The van der Waals surface area contributed by atoms with E-state index in [9.17, 15) is 29.4 Å². The predicted molar refractivity (Wildman–Crippen MR) is 98.2 cm³/mol. The van der Waals surface area contributed by atoms with Crippen molar-refractivity contribution in [3.63, 3.8) is 0 Å². The van der Waals surface area contributed by atoms with Gasteiger partial charge >= 0.3 is 11.9 Å². The predicted octanol–water partition coefficient (Wildman–Crippen LogP) is -0.528. The van der Waals surface area contributed by atoms with Gasteiger partial charge in [0.1, 0.15) is 23.8 Å². The van der Waals surface area contributed by atoms with Crippen LogP contribution in [0.15, 0.2) is 24.3 Å². The molecule has 0 aromatic rings. The smallest absolute Gasteiger partial charge is 0.336 e. The van der Waals surface area contributed by atoms with Gasteiger partial charge in [0.15, 0.2) is 0 Å². The fraction of sp³-hybridized carbons (Fsp3) is 0.600. The lowest BCUT2D eigenvalue weighted by Crippen LogP contribution is -2.60. The second-order valence-electron chi connectivity index (χ2n) is 7.69. The summed E-state index contributed by atoms with van der Waals surface area (Å²) in [6.07, 6.45) is -4.41. The van der Waals surface area contributed by atoms with Crippen molar-refractivity contribution in [1.29, 1.82) is 0 Å². The molecule has 0 amide bonds. The van der Waals surface area contributed by atoms with Crippen molar-refractivity contribution in [2.45, 2.75) is 44.5 Å². The van der Waals surface area contributed by atoms with E-state index in [1.165, 1.54) is 6.92 Å². The monoisotopic (exact) mass is 410 g/mol. The van der Waals surface area contributed by atoms with Crippen LogP contribution in [0.1, 0.15) is 26.2 Å². The Bertz CT molecular complexity index is 755. The highest BCUT2D eigenvalue weighted by molar-refractivity contribution is 6.00. The van der Waals surface area contributed by atoms with Crippen LogP contribution in [0.2, 0.25) is 0 Å². The van der Waals surface area contributed by atoms with Gasteiger partial charge in [-0.3, -0.25) is 9.59 Å². The van der Waals surface area contributed by atoms with Gasteiger partial charge in [-0.25, -0.2) is 9.59 Å². The number of hydrogen-bond acceptors (Lipinski definition) is 9. The Labute approximate surface area is 168 Å². The first kappa shape index (κ1) is 22.9. The molecule has 0 saturated heterocycles. The van der Waals surface area contributed by atoms with Crippen molar-refractivity contribution in [2.75, 3.05) is 13.7 Å². The van der Waals surface area contributed by atoms with E-state index in [0.717, 1.165) is 7.11 Å². The number of carbonyl (C=O) groups excluding carboxylic acids is 4. The van der Waals surface area contributed by atoms with Gasteiger partial charge in [0.25, 0.3) is 0 Å². The molecule has 2 rings (SSSR count). The zero-order valence-electron chi connectivity index (χ0n) is 16.4. The van der Waals surface area contributed by atoms with E-state index >= 15 is 0 Å². The van der Waals surface area contributed by atoms with Gasteiger partial charge in [-0.1, -0.05) is 20.1 Å². The Morgan fingerprint density at radius 1 is 1.24 bits per heavy atom. The van der Waals surface area contributed by atoms with Crippen LogP contribution >= 0.6 is 0 Å². The largest absolute Gasteiger partial charge is 0.466 e. The summed E-state index contributed by atoms with van der Waals surface area (Å²) in [7, 11) is 1.11. The van der Waals surface area contributed by atoms with Gasteiger partial charge in [-0.2, -0.15) is 0 Å². The molecule has 160 valence electrons. The SMILES string of the molecule is C=C(C(=O)OC)[C@@H]1[C@H](O)[C@@H]2C(=O)CCC(=O)[C@@]2(C)C[C@@H]1OC(=O)C(=C)[C@H](O)CO. The van der Waals surface area contributed by atoms with Crippen molar-refractivity contribution in [3.8, 4) is 0 Å². The number of methoxy groups -OCH3 is 1. The van der Waals surface area contributed by atoms with Gasteiger partial charge in [0.05, 0.1) is 37.2 Å². The second-order valence-corrected chi connectivity index (χ2v) is 7.69. The number of fused-ring (bicyclic) bond motifs is 1. The summed E-state index contributed by atoms with van der Waals surface area (Å²) in [4.78, 5) is 49.6. The molecule has 3 N–H and O–H groups in total. The van der Waals surface area contributed by atoms with Gasteiger partial charge in [-0.05, 0) is 6.42 Å². The minimum atomic E-state index is -1.56. The van der Waals surface area contributed by atoms with Gasteiger partial charge < -0.3 is 24.8 Å². The summed E-state index contributed by atoms with van der Waals surface area (Å²) in [6, 6.07) is 0. The fourth-order valence-electron chi connectivity index (χ4n) is 4.26. The van der Waals surface area contributed by atoms with E-state index < -0.39 is 59.7 Å². The van der Waals surface area contributed by atoms with Crippen molar-refractivity contribution < 1.29 is 44.0 Å². The summed E-state index contributed by atoms with van der Waals surface area (Å²) in [5.74, 6) is -4.76. The normalized spacial score (nSPS) is 32.7. The quantitative estimate of drug-likeness (QED) is 0.388. The number of rotatable bonds is 6. The van der Waals surface area contributed by atoms with E-state index in [0.29, 0.717) is 0 Å². The molecule has 0 heterocycles. The summed E-state index contributed by atoms with van der Waals surface area (Å²) >= 11 is 0. The second kappa shape index (κ2) is 8.56. The minimum absolute atomic E-state index is 0.0117. The number of aliphatic hydroxyl groups is 3. The molecule has 9 nitrogen and oxygen atoms in total. The number of aliphatic hydroxyl groups excluding tert-OH is 3. The number of Topliss-reactive ketones (excluding diaryl/α,β-unsaturated/α-hetero) is 2. The van der Waals surface area contributed by atoms with Crippen LogP contribution in [0.4, 0.5) is 0 Å². The standard InChI is InChI=1S/C20H26O9/c1-9(12(23)8-21)19(27)29-13-7-20(3)14(24)6-5-11(22)16(20)17(25)15(13)10(2)18(26)28-4/h12-13,15-17,21,23,25H,1-2,5-8H2,3-4H3/t12-,13+,15+,16+,17+,20-/m1/s1. The molecule has 2 aliphatic carbocycles. The molecule has 0 unspecified atom stereocenters. The average Bonchev–Trinajstić information content (AvgIpc) is 2.68. The Morgan fingerprint density at radius 3 is 2.41 bits per heavy atom. The lowest BCUT2D eigenvalue weighted by atomic mass is 9.54. The number of esters is 2. The van der Waals surface area contributed by atoms with E-state index in [1.807, 2.05) is 0 Å². The molecule has 0 aromatic carbocycles. The van der Waals surface area contributed by atoms with Crippen LogP contribution in [0.3, 0.4) is 0 Å². The lowest BCUT2D eigenvalue weighted by molar-refractivity contribution is -0.179. The van der Waals surface area contributed by atoms with E-state index in [2.05, 4.69) is 17.9 Å². The molecule has 0 bridgehead atoms. The molecular formula is C20H26O9. The first-order valence-electron chi connectivity index (χ1n) is 9.19. The highest BCUT2D eigenvalue weighted by Crippen LogP contribution is 2.51. The van der Waals surface area contributed by atoms with Crippen LogP contribution < -0.4 is 0 Å².